The van der Waals surface area contributed by atoms with E-state index in [9.17, 15) is 24.9 Å². The van der Waals surface area contributed by atoms with Crippen LogP contribution in [0.4, 0.5) is 0 Å². The number of hydrogen-bond acceptors (Lipinski definition) is 5. The zero-order chi connectivity index (χ0) is 19.5. The van der Waals surface area contributed by atoms with Crippen LogP contribution in [0.3, 0.4) is 0 Å². The molecule has 0 aromatic heterocycles. The standard InChI is InChI=1S/C20H34O5/c1-11(2)7-9-14-18(23)16(17(22)13(5)6)19(24)20(14,25)15(21)10-8-12(3)4/h11-15,21,24-25H,7-10H2,1-6H3/t14-,15-,20?/m0/s1. The number of carbonyl (C=O) groups excluding carboxylic acids is 2. The zero-order valence-electron chi connectivity index (χ0n) is 16.4. The first-order valence-corrected chi connectivity index (χ1v) is 9.37. The summed E-state index contributed by atoms with van der Waals surface area (Å²) in [5.74, 6) is -2.49. The molecule has 0 saturated carbocycles. The molecule has 1 rings (SSSR count). The van der Waals surface area contributed by atoms with Gasteiger partial charge >= 0.3 is 0 Å². The molecule has 3 atom stereocenters. The molecule has 0 fully saturated rings. The van der Waals surface area contributed by atoms with Crippen molar-refractivity contribution in [1.82, 2.24) is 0 Å². The molecule has 0 amide bonds. The van der Waals surface area contributed by atoms with E-state index in [1.807, 2.05) is 27.7 Å². The molecule has 144 valence electrons. The minimum Gasteiger partial charge on any atom is -0.508 e. The summed E-state index contributed by atoms with van der Waals surface area (Å²) in [5, 5.41) is 32.4. The van der Waals surface area contributed by atoms with Crippen LogP contribution in [-0.4, -0.2) is 38.6 Å². The third-order valence-corrected chi connectivity index (χ3v) is 5.04. The van der Waals surface area contributed by atoms with Gasteiger partial charge in [-0.05, 0) is 31.1 Å². The second kappa shape index (κ2) is 8.45. The third kappa shape index (κ3) is 4.50. The minimum absolute atomic E-state index is 0.257. The van der Waals surface area contributed by atoms with Crippen molar-refractivity contribution in [2.24, 2.45) is 23.7 Å². The normalized spacial score (nSPS) is 25.6. The van der Waals surface area contributed by atoms with Gasteiger partial charge in [-0.25, -0.2) is 0 Å². The molecule has 0 radical (unpaired) electrons. The largest absolute Gasteiger partial charge is 0.508 e. The lowest BCUT2D eigenvalue weighted by Crippen LogP contribution is -2.49. The van der Waals surface area contributed by atoms with Crippen molar-refractivity contribution in [3.05, 3.63) is 11.3 Å². The molecule has 0 heterocycles. The van der Waals surface area contributed by atoms with Crippen LogP contribution in [0.15, 0.2) is 11.3 Å². The van der Waals surface area contributed by atoms with Crippen LogP contribution < -0.4 is 0 Å². The summed E-state index contributed by atoms with van der Waals surface area (Å²) in [6.07, 6.45) is 0.604. The fourth-order valence-electron chi connectivity index (χ4n) is 3.34. The average Bonchev–Trinajstić information content (AvgIpc) is 2.69. The maximum atomic E-state index is 12.8. The summed E-state index contributed by atoms with van der Waals surface area (Å²) < 4.78 is 0. The van der Waals surface area contributed by atoms with Gasteiger partial charge in [-0.2, -0.15) is 0 Å². The Bertz CT molecular complexity index is 532. The SMILES string of the molecule is CC(C)CC[C@H](O)C1(O)C(O)=C(C(=O)C(C)C)C(=O)[C@@H]1CCC(C)C. The van der Waals surface area contributed by atoms with Crippen molar-refractivity contribution >= 4 is 11.6 Å². The summed E-state index contributed by atoms with van der Waals surface area (Å²) in [5.41, 5.74) is -2.39. The van der Waals surface area contributed by atoms with Crippen molar-refractivity contribution < 1.29 is 24.9 Å². The number of Topliss-reactive ketones (excluding diaryl/α,β-unsaturated/α-hetero) is 2. The molecule has 3 N–H and O–H groups in total. The number of carbonyl (C=O) groups is 2. The third-order valence-electron chi connectivity index (χ3n) is 5.04. The Balaban J connectivity index is 3.27. The Morgan fingerprint density at radius 2 is 1.56 bits per heavy atom. The molecule has 5 nitrogen and oxygen atoms in total. The van der Waals surface area contributed by atoms with Gasteiger partial charge in [-0.15, -0.1) is 0 Å². The highest BCUT2D eigenvalue weighted by molar-refractivity contribution is 6.24. The van der Waals surface area contributed by atoms with Crippen molar-refractivity contribution in [2.45, 2.75) is 78.9 Å². The Labute approximate surface area is 151 Å². The molecule has 0 saturated heterocycles. The molecular weight excluding hydrogens is 320 g/mol. The fraction of sp³-hybridized carbons (Fsp3) is 0.800. The molecule has 0 bridgehead atoms. The fourth-order valence-corrected chi connectivity index (χ4v) is 3.34. The molecule has 0 aliphatic heterocycles. The first-order valence-electron chi connectivity index (χ1n) is 9.37. The van der Waals surface area contributed by atoms with Crippen molar-refractivity contribution in [2.75, 3.05) is 0 Å². The predicted octanol–water partition coefficient (Wildman–Crippen LogP) is 3.19. The topological polar surface area (TPSA) is 94.8 Å². The van der Waals surface area contributed by atoms with Gasteiger partial charge in [-0.3, -0.25) is 9.59 Å². The van der Waals surface area contributed by atoms with E-state index >= 15 is 0 Å². The number of ketones is 2. The number of allylic oxidation sites excluding steroid dienone is 1. The van der Waals surface area contributed by atoms with Crippen LogP contribution in [0.5, 0.6) is 0 Å². The van der Waals surface area contributed by atoms with E-state index in [4.69, 9.17) is 0 Å². The van der Waals surface area contributed by atoms with Crippen LogP contribution in [-0.2, 0) is 9.59 Å². The Morgan fingerprint density at radius 3 is 2.00 bits per heavy atom. The van der Waals surface area contributed by atoms with Crippen LogP contribution >= 0.6 is 0 Å². The van der Waals surface area contributed by atoms with E-state index in [0.29, 0.717) is 31.1 Å². The molecule has 1 aliphatic rings. The highest BCUT2D eigenvalue weighted by atomic mass is 16.4. The maximum absolute atomic E-state index is 12.8. The van der Waals surface area contributed by atoms with E-state index < -0.39 is 40.9 Å². The first-order chi connectivity index (χ1) is 11.4. The Hall–Kier alpha value is -1.20. The summed E-state index contributed by atoms with van der Waals surface area (Å²) in [6, 6.07) is 0. The lowest BCUT2D eigenvalue weighted by atomic mass is 9.78. The smallest absolute Gasteiger partial charge is 0.176 e. The van der Waals surface area contributed by atoms with Crippen molar-refractivity contribution in [3.63, 3.8) is 0 Å². The van der Waals surface area contributed by atoms with E-state index in [1.165, 1.54) is 0 Å². The van der Waals surface area contributed by atoms with Crippen LogP contribution in [0.2, 0.25) is 0 Å². The molecule has 0 aromatic carbocycles. The number of aliphatic hydroxyl groups excluding tert-OH is 2. The van der Waals surface area contributed by atoms with Gasteiger partial charge in [0.15, 0.2) is 17.2 Å². The molecule has 0 spiro atoms. The first kappa shape index (κ1) is 21.8. The van der Waals surface area contributed by atoms with Gasteiger partial charge in [0.1, 0.15) is 11.3 Å². The van der Waals surface area contributed by atoms with Crippen molar-refractivity contribution in [3.8, 4) is 0 Å². The summed E-state index contributed by atoms with van der Waals surface area (Å²) in [6.45, 7) is 11.3. The Morgan fingerprint density at radius 1 is 1.04 bits per heavy atom. The van der Waals surface area contributed by atoms with Crippen LogP contribution in [0.1, 0.15) is 67.2 Å². The highest BCUT2D eigenvalue weighted by Crippen LogP contribution is 2.44. The van der Waals surface area contributed by atoms with Gasteiger partial charge in [0.25, 0.3) is 0 Å². The van der Waals surface area contributed by atoms with Gasteiger partial charge in [0.05, 0.1) is 12.0 Å². The maximum Gasteiger partial charge on any atom is 0.176 e. The van der Waals surface area contributed by atoms with Crippen LogP contribution in [0.25, 0.3) is 0 Å². The van der Waals surface area contributed by atoms with E-state index in [0.717, 1.165) is 0 Å². The summed E-state index contributed by atoms with van der Waals surface area (Å²) in [4.78, 5) is 25.2. The molecule has 1 aliphatic carbocycles. The van der Waals surface area contributed by atoms with Gasteiger partial charge < -0.3 is 15.3 Å². The number of rotatable bonds is 9. The van der Waals surface area contributed by atoms with Gasteiger partial charge in [0.2, 0.25) is 0 Å². The highest BCUT2D eigenvalue weighted by Gasteiger charge is 2.58. The molecule has 1 unspecified atom stereocenters. The lowest BCUT2D eigenvalue weighted by Gasteiger charge is -2.34. The quantitative estimate of drug-likeness (QED) is 0.553. The second-order valence-electron chi connectivity index (χ2n) is 8.44. The monoisotopic (exact) mass is 354 g/mol. The Kier molecular flexibility index (Phi) is 7.39. The molecule has 0 aromatic rings. The van der Waals surface area contributed by atoms with Gasteiger partial charge in [0, 0.05) is 5.92 Å². The molecular formula is C20H34O5. The molecule has 25 heavy (non-hydrogen) atoms. The predicted molar refractivity (Wildman–Crippen MR) is 97.1 cm³/mol. The number of aliphatic hydroxyl groups is 3. The zero-order valence-corrected chi connectivity index (χ0v) is 16.4. The lowest BCUT2D eigenvalue weighted by molar-refractivity contribution is -0.137. The van der Waals surface area contributed by atoms with E-state index in [1.54, 1.807) is 13.8 Å². The second-order valence-corrected chi connectivity index (χ2v) is 8.44. The number of hydrogen-bond donors (Lipinski definition) is 3. The van der Waals surface area contributed by atoms with Gasteiger partial charge in [-0.1, -0.05) is 48.0 Å². The van der Waals surface area contributed by atoms with Crippen LogP contribution in [0, 0.1) is 23.7 Å². The van der Waals surface area contributed by atoms with E-state index in [-0.39, 0.29) is 12.0 Å². The van der Waals surface area contributed by atoms with Crippen molar-refractivity contribution in [1.29, 1.82) is 0 Å². The summed E-state index contributed by atoms with van der Waals surface area (Å²) in [7, 11) is 0. The minimum atomic E-state index is -2.07. The average molecular weight is 354 g/mol. The van der Waals surface area contributed by atoms with E-state index in [2.05, 4.69) is 0 Å². The molecule has 5 heteroatoms. The summed E-state index contributed by atoms with van der Waals surface area (Å²) >= 11 is 0.